The van der Waals surface area contributed by atoms with E-state index in [9.17, 15) is 9.59 Å². The van der Waals surface area contributed by atoms with E-state index in [4.69, 9.17) is 5.11 Å². The number of carbonyl (C=O) groups is 2. The largest absolute Gasteiger partial charge is 0.481 e. The normalized spacial score (nSPS) is 19.5. The van der Waals surface area contributed by atoms with Gasteiger partial charge in [-0.15, -0.1) is 0 Å². The van der Waals surface area contributed by atoms with Gasteiger partial charge in [0.15, 0.2) is 0 Å². The molecule has 0 aromatic heterocycles. The summed E-state index contributed by atoms with van der Waals surface area (Å²) in [5.41, 5.74) is -0.364. The Morgan fingerprint density at radius 2 is 1.95 bits per heavy atom. The molecule has 1 atom stereocenters. The van der Waals surface area contributed by atoms with Gasteiger partial charge in [-0.05, 0) is 39.5 Å². The second-order valence-electron chi connectivity index (χ2n) is 6.90. The van der Waals surface area contributed by atoms with Gasteiger partial charge in [-0.2, -0.15) is 0 Å². The lowest BCUT2D eigenvalue weighted by atomic mass is 10.0. The van der Waals surface area contributed by atoms with E-state index in [0.717, 1.165) is 19.4 Å². The first-order valence-electron chi connectivity index (χ1n) is 7.44. The standard InChI is InChI=1S/C15H28N2O3/c1-11(2)12-7-6-9-16(12)14(20)17(15(3,4)5)10-8-13(18)19/h11-12H,6-10H2,1-5H3,(H,18,19). The Morgan fingerprint density at radius 1 is 1.35 bits per heavy atom. The number of rotatable bonds is 4. The zero-order chi connectivity index (χ0) is 15.5. The molecule has 0 aliphatic carbocycles. The zero-order valence-electron chi connectivity index (χ0n) is 13.3. The molecule has 0 spiro atoms. The van der Waals surface area contributed by atoms with Gasteiger partial charge in [-0.3, -0.25) is 4.79 Å². The van der Waals surface area contributed by atoms with Crippen molar-refractivity contribution in [2.24, 2.45) is 5.92 Å². The van der Waals surface area contributed by atoms with Gasteiger partial charge in [0.1, 0.15) is 0 Å². The highest BCUT2D eigenvalue weighted by Gasteiger charge is 2.37. The average Bonchev–Trinajstić information content (AvgIpc) is 2.75. The summed E-state index contributed by atoms with van der Waals surface area (Å²) >= 11 is 0. The number of likely N-dealkylation sites (tertiary alicyclic amines) is 1. The molecule has 1 fully saturated rings. The van der Waals surface area contributed by atoms with E-state index in [1.165, 1.54) is 0 Å². The van der Waals surface area contributed by atoms with E-state index in [-0.39, 0.29) is 30.6 Å². The summed E-state index contributed by atoms with van der Waals surface area (Å²) in [5.74, 6) is -0.434. The van der Waals surface area contributed by atoms with Crippen LogP contribution in [0.4, 0.5) is 4.79 Å². The Bertz CT molecular complexity index is 361. The van der Waals surface area contributed by atoms with E-state index in [1.54, 1.807) is 4.90 Å². The molecule has 20 heavy (non-hydrogen) atoms. The van der Waals surface area contributed by atoms with Gasteiger partial charge in [-0.1, -0.05) is 13.8 Å². The molecule has 1 rings (SSSR count). The van der Waals surface area contributed by atoms with Crippen molar-refractivity contribution in [3.63, 3.8) is 0 Å². The molecule has 1 aliphatic heterocycles. The van der Waals surface area contributed by atoms with Crippen molar-refractivity contribution < 1.29 is 14.7 Å². The number of hydrogen-bond donors (Lipinski definition) is 1. The molecule has 5 nitrogen and oxygen atoms in total. The van der Waals surface area contributed by atoms with Crippen molar-refractivity contribution in [2.45, 2.75) is 65.5 Å². The molecule has 1 N–H and O–H groups in total. The molecular formula is C15H28N2O3. The molecule has 1 saturated heterocycles. The number of carbonyl (C=O) groups excluding carboxylic acids is 1. The first kappa shape index (κ1) is 16.8. The number of carboxylic acids is 1. The van der Waals surface area contributed by atoms with Crippen LogP contribution in [0.15, 0.2) is 0 Å². The van der Waals surface area contributed by atoms with Crippen LogP contribution in [0, 0.1) is 5.92 Å². The van der Waals surface area contributed by atoms with Gasteiger partial charge in [0.25, 0.3) is 0 Å². The van der Waals surface area contributed by atoms with Crippen LogP contribution in [0.25, 0.3) is 0 Å². The van der Waals surface area contributed by atoms with E-state index in [1.807, 2.05) is 25.7 Å². The van der Waals surface area contributed by atoms with Crippen LogP contribution in [-0.2, 0) is 4.79 Å². The molecule has 1 aliphatic rings. The fourth-order valence-corrected chi connectivity index (χ4v) is 2.80. The smallest absolute Gasteiger partial charge is 0.320 e. The fourth-order valence-electron chi connectivity index (χ4n) is 2.80. The van der Waals surface area contributed by atoms with Gasteiger partial charge in [-0.25, -0.2) is 4.79 Å². The Kier molecular flexibility index (Phi) is 5.42. The van der Waals surface area contributed by atoms with E-state index < -0.39 is 5.97 Å². The van der Waals surface area contributed by atoms with Gasteiger partial charge < -0.3 is 14.9 Å². The molecule has 0 radical (unpaired) electrons. The van der Waals surface area contributed by atoms with Crippen LogP contribution >= 0.6 is 0 Å². The molecule has 1 heterocycles. The summed E-state index contributed by atoms with van der Waals surface area (Å²) in [6, 6.07) is 0.257. The zero-order valence-corrected chi connectivity index (χ0v) is 13.3. The van der Waals surface area contributed by atoms with Crippen molar-refractivity contribution in [1.82, 2.24) is 9.80 Å². The maximum absolute atomic E-state index is 12.8. The highest BCUT2D eigenvalue weighted by Crippen LogP contribution is 2.27. The lowest BCUT2D eigenvalue weighted by Gasteiger charge is -2.40. The third-order valence-corrected chi connectivity index (χ3v) is 3.90. The van der Waals surface area contributed by atoms with Crippen LogP contribution < -0.4 is 0 Å². The monoisotopic (exact) mass is 284 g/mol. The number of hydrogen-bond acceptors (Lipinski definition) is 2. The lowest BCUT2D eigenvalue weighted by Crippen LogP contribution is -2.54. The van der Waals surface area contributed by atoms with Crippen LogP contribution in [0.3, 0.4) is 0 Å². The SMILES string of the molecule is CC(C)C1CCCN1C(=O)N(CCC(=O)O)C(C)(C)C. The predicted octanol–water partition coefficient (Wildman–Crippen LogP) is 2.80. The Balaban J connectivity index is 2.84. The molecular weight excluding hydrogens is 256 g/mol. The number of carboxylic acid groups (broad SMARTS) is 1. The third kappa shape index (κ3) is 4.12. The fraction of sp³-hybridized carbons (Fsp3) is 0.867. The summed E-state index contributed by atoms with van der Waals surface area (Å²) in [6.07, 6.45) is 2.06. The molecule has 5 heteroatoms. The summed E-state index contributed by atoms with van der Waals surface area (Å²) < 4.78 is 0. The molecule has 0 aromatic carbocycles. The van der Waals surface area contributed by atoms with Crippen LogP contribution in [0.2, 0.25) is 0 Å². The van der Waals surface area contributed by atoms with E-state index in [2.05, 4.69) is 13.8 Å². The first-order valence-corrected chi connectivity index (χ1v) is 7.44. The van der Waals surface area contributed by atoms with Gasteiger partial charge in [0, 0.05) is 24.7 Å². The van der Waals surface area contributed by atoms with Gasteiger partial charge in [0.2, 0.25) is 0 Å². The van der Waals surface area contributed by atoms with Crippen LogP contribution in [0.5, 0.6) is 0 Å². The van der Waals surface area contributed by atoms with Crippen LogP contribution in [0.1, 0.15) is 53.9 Å². The third-order valence-electron chi connectivity index (χ3n) is 3.90. The predicted molar refractivity (Wildman–Crippen MR) is 78.7 cm³/mol. The van der Waals surface area contributed by atoms with Gasteiger partial charge >= 0.3 is 12.0 Å². The number of aliphatic carboxylic acids is 1. The topological polar surface area (TPSA) is 60.9 Å². The van der Waals surface area contributed by atoms with Crippen molar-refractivity contribution in [3.8, 4) is 0 Å². The summed E-state index contributed by atoms with van der Waals surface area (Å²) in [7, 11) is 0. The van der Waals surface area contributed by atoms with E-state index in [0.29, 0.717) is 5.92 Å². The lowest BCUT2D eigenvalue weighted by molar-refractivity contribution is -0.137. The molecule has 2 amide bonds. The van der Waals surface area contributed by atoms with E-state index >= 15 is 0 Å². The second-order valence-corrected chi connectivity index (χ2v) is 6.90. The minimum Gasteiger partial charge on any atom is -0.481 e. The average molecular weight is 284 g/mol. The summed E-state index contributed by atoms with van der Waals surface area (Å²) in [4.78, 5) is 27.2. The van der Waals surface area contributed by atoms with Crippen molar-refractivity contribution in [3.05, 3.63) is 0 Å². The Hall–Kier alpha value is -1.26. The minimum atomic E-state index is -0.867. The van der Waals surface area contributed by atoms with Crippen molar-refractivity contribution >= 4 is 12.0 Å². The molecule has 116 valence electrons. The number of amides is 2. The van der Waals surface area contributed by atoms with Crippen molar-refractivity contribution in [1.29, 1.82) is 0 Å². The maximum Gasteiger partial charge on any atom is 0.320 e. The number of urea groups is 1. The highest BCUT2D eigenvalue weighted by atomic mass is 16.4. The summed E-state index contributed by atoms with van der Waals surface area (Å²) in [6.45, 7) is 11.2. The first-order chi connectivity index (χ1) is 9.14. The quantitative estimate of drug-likeness (QED) is 0.863. The molecule has 0 bridgehead atoms. The molecule has 0 aromatic rings. The molecule has 1 unspecified atom stereocenters. The van der Waals surface area contributed by atoms with Crippen LogP contribution in [-0.4, -0.2) is 51.6 Å². The summed E-state index contributed by atoms with van der Waals surface area (Å²) in [5, 5.41) is 8.86. The molecule has 0 saturated carbocycles. The number of nitrogens with zero attached hydrogens (tertiary/aromatic N) is 2. The van der Waals surface area contributed by atoms with Crippen molar-refractivity contribution in [2.75, 3.05) is 13.1 Å². The Labute approximate surface area is 121 Å². The highest BCUT2D eigenvalue weighted by molar-refractivity contribution is 5.77. The minimum absolute atomic E-state index is 0.0107. The van der Waals surface area contributed by atoms with Gasteiger partial charge in [0.05, 0.1) is 6.42 Å². The Morgan fingerprint density at radius 3 is 2.40 bits per heavy atom. The second kappa shape index (κ2) is 6.46. The maximum atomic E-state index is 12.8.